The number of halogens is 3. The molecule has 0 aliphatic heterocycles. The molecule has 0 atom stereocenters. The predicted octanol–water partition coefficient (Wildman–Crippen LogP) is 6.81. The van der Waals surface area contributed by atoms with Crippen LogP contribution in [-0.2, 0) is 16.1 Å². The highest BCUT2D eigenvalue weighted by atomic mass is 35.5. The van der Waals surface area contributed by atoms with Crippen molar-refractivity contribution >= 4 is 75.8 Å². The number of ether oxygens (including phenoxy) is 2. The number of aryl methyl sites for hydroxylation is 1. The van der Waals surface area contributed by atoms with Crippen molar-refractivity contribution in [2.24, 2.45) is 0 Å². The molecule has 3 amide bonds. The highest BCUT2D eigenvalue weighted by Crippen LogP contribution is 2.35. The number of pyridine rings is 1. The van der Waals surface area contributed by atoms with E-state index in [0.717, 1.165) is 16.6 Å². The number of benzene rings is 3. The Hall–Kier alpha value is -4.05. The van der Waals surface area contributed by atoms with Gasteiger partial charge in [0.05, 0.1) is 29.4 Å². The molecule has 0 aliphatic rings. The minimum Gasteiger partial charge on any atom is -0.487 e. The normalized spacial score (nSPS) is 10.4. The molecule has 0 unspecified atom stereocenters. The Kier molecular flexibility index (Phi) is 11.4. The number of hydrogen-bond donors (Lipinski definition) is 2. The number of aromatic nitrogens is 1. The highest BCUT2D eigenvalue weighted by Gasteiger charge is 2.20. The number of esters is 1. The molecule has 4 rings (SSSR count). The first-order valence-corrected chi connectivity index (χ1v) is 13.5. The van der Waals surface area contributed by atoms with E-state index >= 15 is 0 Å². The van der Waals surface area contributed by atoms with Crippen molar-refractivity contribution in [1.29, 1.82) is 0 Å². The van der Waals surface area contributed by atoms with Gasteiger partial charge in [-0.05, 0) is 56.3 Å². The zero-order chi connectivity index (χ0) is 29.5. The third kappa shape index (κ3) is 7.82. The summed E-state index contributed by atoms with van der Waals surface area (Å²) < 4.78 is 11.0. The zero-order valence-corrected chi connectivity index (χ0v) is 25.4. The fourth-order valence-corrected chi connectivity index (χ4v) is 4.59. The van der Waals surface area contributed by atoms with Crippen molar-refractivity contribution in [2.75, 3.05) is 30.4 Å². The van der Waals surface area contributed by atoms with Crippen molar-refractivity contribution in [1.82, 2.24) is 10.3 Å². The standard InChI is InChI=1S/C30H28Cl2N4O5.ClH/c1-4-40-29(38)20-8-5-9-21(15-20)35-30(39)33-16-26(37)36(3)24-14-13-23(31)22(27(24)32)17-41-25-10-6-7-19-12-11-18(2)34-28(19)25;/h5-15H,4,16-17H2,1-3H3,(H2,33,35,39);1H. The number of carbonyl (C=O) groups is 3. The van der Waals surface area contributed by atoms with Gasteiger partial charge in [-0.25, -0.2) is 14.6 Å². The lowest BCUT2D eigenvalue weighted by molar-refractivity contribution is -0.117. The van der Waals surface area contributed by atoms with Crippen LogP contribution < -0.4 is 20.3 Å². The van der Waals surface area contributed by atoms with Gasteiger partial charge in [-0.1, -0.05) is 47.5 Å². The molecule has 2 N–H and O–H groups in total. The molecule has 0 aliphatic carbocycles. The first-order chi connectivity index (χ1) is 19.7. The number of para-hydroxylation sites is 1. The van der Waals surface area contributed by atoms with Crippen LogP contribution in [0.15, 0.2) is 66.7 Å². The molecule has 0 spiro atoms. The van der Waals surface area contributed by atoms with Crippen molar-refractivity contribution in [2.45, 2.75) is 20.5 Å². The molecule has 1 heterocycles. The second-order valence-electron chi connectivity index (χ2n) is 8.99. The Morgan fingerprint density at radius 2 is 1.76 bits per heavy atom. The third-order valence-electron chi connectivity index (χ3n) is 6.13. The Morgan fingerprint density at radius 1 is 1.00 bits per heavy atom. The number of carbonyl (C=O) groups excluding carboxylic acids is 3. The first kappa shape index (κ1) is 32.5. The summed E-state index contributed by atoms with van der Waals surface area (Å²) in [7, 11) is 1.54. The Balaban J connectivity index is 0.00000484. The van der Waals surface area contributed by atoms with Crippen molar-refractivity contribution in [3.63, 3.8) is 0 Å². The lowest BCUT2D eigenvalue weighted by Crippen LogP contribution is -2.40. The van der Waals surface area contributed by atoms with E-state index in [1.54, 1.807) is 44.3 Å². The van der Waals surface area contributed by atoms with Crippen LogP contribution in [0.4, 0.5) is 16.2 Å². The highest BCUT2D eigenvalue weighted by molar-refractivity contribution is 6.38. The van der Waals surface area contributed by atoms with Crippen LogP contribution in [-0.4, -0.2) is 43.1 Å². The Bertz CT molecular complexity index is 1620. The van der Waals surface area contributed by atoms with E-state index in [2.05, 4.69) is 15.6 Å². The van der Waals surface area contributed by atoms with Crippen LogP contribution in [0.3, 0.4) is 0 Å². The number of anilines is 2. The van der Waals surface area contributed by atoms with E-state index in [0.29, 0.717) is 33.3 Å². The average Bonchev–Trinajstić information content (AvgIpc) is 2.96. The van der Waals surface area contributed by atoms with Crippen LogP contribution in [0.5, 0.6) is 5.75 Å². The zero-order valence-electron chi connectivity index (χ0n) is 23.1. The van der Waals surface area contributed by atoms with Crippen LogP contribution in [0.1, 0.15) is 28.5 Å². The lowest BCUT2D eigenvalue weighted by Gasteiger charge is -2.21. The van der Waals surface area contributed by atoms with Gasteiger partial charge < -0.3 is 25.0 Å². The molecule has 42 heavy (non-hydrogen) atoms. The van der Waals surface area contributed by atoms with Gasteiger partial charge in [-0.2, -0.15) is 0 Å². The van der Waals surface area contributed by atoms with Gasteiger partial charge in [-0.3, -0.25) is 4.79 Å². The molecular formula is C30H29Cl3N4O5. The quantitative estimate of drug-likeness (QED) is 0.196. The largest absolute Gasteiger partial charge is 0.487 e. The number of nitrogens with zero attached hydrogens (tertiary/aromatic N) is 2. The molecule has 0 saturated heterocycles. The minimum atomic E-state index is -0.622. The van der Waals surface area contributed by atoms with Gasteiger partial charge in [-0.15, -0.1) is 12.4 Å². The summed E-state index contributed by atoms with van der Waals surface area (Å²) in [4.78, 5) is 43.2. The molecule has 9 nitrogen and oxygen atoms in total. The van der Waals surface area contributed by atoms with Gasteiger partial charge in [0.15, 0.2) is 0 Å². The molecule has 3 aromatic carbocycles. The molecular weight excluding hydrogens is 603 g/mol. The maximum absolute atomic E-state index is 12.9. The Morgan fingerprint density at radius 3 is 2.52 bits per heavy atom. The summed E-state index contributed by atoms with van der Waals surface area (Å²) >= 11 is 13.1. The number of fused-ring (bicyclic) bond motifs is 1. The molecule has 0 bridgehead atoms. The fraction of sp³-hybridized carbons (Fsp3) is 0.200. The van der Waals surface area contributed by atoms with E-state index < -0.39 is 17.9 Å². The number of rotatable bonds is 9. The minimum absolute atomic E-state index is 0. The molecule has 0 saturated carbocycles. The monoisotopic (exact) mass is 630 g/mol. The summed E-state index contributed by atoms with van der Waals surface area (Å²) in [6.45, 7) is 3.58. The molecule has 12 heteroatoms. The second-order valence-corrected chi connectivity index (χ2v) is 9.78. The number of likely N-dealkylation sites (N-methyl/N-ethyl adjacent to an activating group) is 1. The smallest absolute Gasteiger partial charge is 0.338 e. The molecule has 1 aromatic heterocycles. The molecule has 0 radical (unpaired) electrons. The van der Waals surface area contributed by atoms with E-state index in [-0.39, 0.29) is 37.2 Å². The lowest BCUT2D eigenvalue weighted by atomic mass is 10.1. The fourth-order valence-electron chi connectivity index (χ4n) is 3.98. The van der Waals surface area contributed by atoms with Crippen molar-refractivity contribution in [3.8, 4) is 5.75 Å². The van der Waals surface area contributed by atoms with Gasteiger partial charge in [0.25, 0.3) is 0 Å². The summed E-state index contributed by atoms with van der Waals surface area (Å²) in [5.74, 6) is -0.344. The van der Waals surface area contributed by atoms with Crippen LogP contribution in [0, 0.1) is 6.92 Å². The Labute approximate surface area is 259 Å². The average molecular weight is 632 g/mol. The van der Waals surface area contributed by atoms with E-state index in [1.807, 2.05) is 37.3 Å². The summed E-state index contributed by atoms with van der Waals surface area (Å²) in [6.07, 6.45) is 0. The summed E-state index contributed by atoms with van der Waals surface area (Å²) in [5, 5.41) is 6.67. The van der Waals surface area contributed by atoms with Crippen molar-refractivity contribution in [3.05, 3.63) is 93.6 Å². The van der Waals surface area contributed by atoms with E-state index in [9.17, 15) is 14.4 Å². The van der Waals surface area contributed by atoms with Gasteiger partial charge in [0.1, 0.15) is 17.9 Å². The van der Waals surface area contributed by atoms with Crippen molar-refractivity contribution < 1.29 is 23.9 Å². The molecule has 4 aromatic rings. The molecule has 0 fully saturated rings. The SMILES string of the molecule is CCOC(=O)c1cccc(NC(=O)NCC(=O)N(C)c2ccc(Cl)c(COc3cccc4ccc(C)nc34)c2Cl)c1.Cl. The first-order valence-electron chi connectivity index (χ1n) is 12.7. The predicted molar refractivity (Wildman–Crippen MR) is 167 cm³/mol. The number of urea groups is 1. The second kappa shape index (κ2) is 14.7. The van der Waals surface area contributed by atoms with Crippen LogP contribution in [0.25, 0.3) is 10.9 Å². The molecule has 220 valence electrons. The van der Waals surface area contributed by atoms with E-state index in [1.165, 1.54) is 11.0 Å². The van der Waals surface area contributed by atoms with Gasteiger partial charge in [0.2, 0.25) is 5.91 Å². The number of hydrogen-bond acceptors (Lipinski definition) is 6. The summed E-state index contributed by atoms with van der Waals surface area (Å²) in [6, 6.07) is 18.5. The number of nitrogens with one attached hydrogen (secondary N) is 2. The summed E-state index contributed by atoms with van der Waals surface area (Å²) in [5.41, 5.74) is 3.15. The van der Waals surface area contributed by atoms with Crippen LogP contribution >= 0.6 is 35.6 Å². The van der Waals surface area contributed by atoms with Gasteiger partial charge >= 0.3 is 12.0 Å². The van der Waals surface area contributed by atoms with Gasteiger partial charge in [0, 0.05) is 34.4 Å². The maximum Gasteiger partial charge on any atom is 0.338 e. The topological polar surface area (TPSA) is 110 Å². The number of amides is 3. The van der Waals surface area contributed by atoms with Crippen LogP contribution in [0.2, 0.25) is 10.0 Å². The maximum atomic E-state index is 12.9. The van der Waals surface area contributed by atoms with E-state index in [4.69, 9.17) is 32.7 Å². The third-order valence-corrected chi connectivity index (χ3v) is 6.90.